The van der Waals surface area contributed by atoms with Crippen LogP contribution in [-0.2, 0) is 16.2 Å². The summed E-state index contributed by atoms with van der Waals surface area (Å²) in [5.74, 6) is 0.486. The third kappa shape index (κ3) is 4.19. The van der Waals surface area contributed by atoms with Crippen LogP contribution in [0.25, 0.3) is 0 Å². The number of aryl methyl sites for hydroxylation is 2. The van der Waals surface area contributed by atoms with E-state index < -0.39 is 26.8 Å². The van der Waals surface area contributed by atoms with Crippen molar-refractivity contribution in [2.75, 3.05) is 11.8 Å². The Morgan fingerprint density at radius 3 is 2.12 bits per heavy atom. The lowest BCUT2D eigenvalue weighted by Crippen LogP contribution is -2.16. The molecule has 0 saturated heterocycles. The lowest BCUT2D eigenvalue weighted by Gasteiger charge is -2.16. The number of sulfonamides is 1. The van der Waals surface area contributed by atoms with Crippen LogP contribution in [0.4, 0.5) is 18.9 Å². The Balaban J connectivity index is 2.47. The van der Waals surface area contributed by atoms with Crippen LogP contribution in [0.2, 0.25) is 5.02 Å². The predicted molar refractivity (Wildman–Crippen MR) is 89.7 cm³/mol. The van der Waals surface area contributed by atoms with Gasteiger partial charge in [0.1, 0.15) is 5.75 Å². The monoisotopic (exact) mass is 393 g/mol. The van der Waals surface area contributed by atoms with Crippen molar-refractivity contribution < 1.29 is 26.3 Å². The summed E-state index contributed by atoms with van der Waals surface area (Å²) in [5, 5.41) is -0.507. The fourth-order valence-electron chi connectivity index (χ4n) is 2.46. The second-order valence-electron chi connectivity index (χ2n) is 5.39. The third-order valence-corrected chi connectivity index (χ3v) is 5.48. The van der Waals surface area contributed by atoms with Gasteiger partial charge in [-0.05, 0) is 55.3 Å². The van der Waals surface area contributed by atoms with E-state index in [0.29, 0.717) is 22.9 Å². The minimum absolute atomic E-state index is 0.0168. The Hall–Kier alpha value is -1.93. The molecule has 9 heteroatoms. The van der Waals surface area contributed by atoms with Crippen molar-refractivity contribution in [1.29, 1.82) is 0 Å². The first-order chi connectivity index (χ1) is 11.5. The number of ether oxygens (including phenoxy) is 1. The van der Waals surface area contributed by atoms with Gasteiger partial charge in [0, 0.05) is 5.69 Å². The van der Waals surface area contributed by atoms with Crippen LogP contribution in [0.5, 0.6) is 5.75 Å². The van der Waals surface area contributed by atoms with E-state index in [4.69, 9.17) is 16.3 Å². The molecular formula is C16H15ClF3NO3S. The van der Waals surface area contributed by atoms with Gasteiger partial charge in [0.15, 0.2) is 0 Å². The number of alkyl halides is 3. The molecule has 0 heterocycles. The summed E-state index contributed by atoms with van der Waals surface area (Å²) in [7, 11) is -2.64. The summed E-state index contributed by atoms with van der Waals surface area (Å²) in [6, 6.07) is 5.89. The molecule has 0 aliphatic carbocycles. The quantitative estimate of drug-likeness (QED) is 0.812. The highest BCUT2D eigenvalue weighted by molar-refractivity contribution is 7.92. The first-order valence-corrected chi connectivity index (χ1v) is 8.86. The van der Waals surface area contributed by atoms with Gasteiger partial charge in [0.05, 0.1) is 22.6 Å². The maximum absolute atomic E-state index is 12.9. The highest BCUT2D eigenvalue weighted by atomic mass is 35.5. The van der Waals surface area contributed by atoms with Gasteiger partial charge in [-0.3, -0.25) is 4.72 Å². The van der Waals surface area contributed by atoms with E-state index in [1.54, 1.807) is 13.8 Å². The molecule has 0 aliphatic heterocycles. The summed E-state index contributed by atoms with van der Waals surface area (Å²) in [5.41, 5.74) is -0.521. The average molecular weight is 394 g/mol. The molecule has 0 bridgehead atoms. The Kier molecular flexibility index (Phi) is 5.24. The highest BCUT2D eigenvalue weighted by Gasteiger charge is 2.33. The van der Waals surface area contributed by atoms with E-state index in [0.717, 1.165) is 6.07 Å². The van der Waals surface area contributed by atoms with Gasteiger partial charge in [0.2, 0.25) is 0 Å². The number of rotatable bonds is 4. The number of methoxy groups -OCH3 is 1. The van der Waals surface area contributed by atoms with Gasteiger partial charge in [-0.15, -0.1) is 0 Å². The van der Waals surface area contributed by atoms with Gasteiger partial charge < -0.3 is 4.74 Å². The van der Waals surface area contributed by atoms with Crippen LogP contribution >= 0.6 is 11.6 Å². The number of hydrogen-bond acceptors (Lipinski definition) is 3. The summed E-state index contributed by atoms with van der Waals surface area (Å²) < 4.78 is 71.2. The maximum atomic E-state index is 12.9. The van der Waals surface area contributed by atoms with Crippen LogP contribution in [0.1, 0.15) is 16.7 Å². The van der Waals surface area contributed by atoms with E-state index >= 15 is 0 Å². The van der Waals surface area contributed by atoms with Crippen molar-refractivity contribution >= 4 is 27.3 Å². The highest BCUT2D eigenvalue weighted by Crippen LogP contribution is 2.37. The summed E-state index contributed by atoms with van der Waals surface area (Å²) in [4.78, 5) is -0.0168. The smallest absolute Gasteiger partial charge is 0.417 e. The first kappa shape index (κ1) is 19.4. The minimum Gasteiger partial charge on any atom is -0.497 e. The topological polar surface area (TPSA) is 55.4 Å². The third-order valence-electron chi connectivity index (χ3n) is 3.46. The maximum Gasteiger partial charge on any atom is 0.417 e. The molecule has 0 saturated carbocycles. The van der Waals surface area contributed by atoms with Gasteiger partial charge in [0.25, 0.3) is 10.0 Å². The lowest BCUT2D eigenvalue weighted by molar-refractivity contribution is -0.137. The van der Waals surface area contributed by atoms with Gasteiger partial charge in [-0.2, -0.15) is 13.2 Å². The zero-order valence-corrected chi connectivity index (χ0v) is 15.1. The van der Waals surface area contributed by atoms with Crippen LogP contribution in [0.3, 0.4) is 0 Å². The molecule has 2 aromatic carbocycles. The molecule has 0 aliphatic rings. The molecule has 136 valence electrons. The zero-order chi connectivity index (χ0) is 19.0. The Morgan fingerprint density at radius 1 is 1.08 bits per heavy atom. The van der Waals surface area contributed by atoms with Crippen molar-refractivity contribution in [3.8, 4) is 5.75 Å². The summed E-state index contributed by atoms with van der Waals surface area (Å²) in [6.07, 6.45) is -4.69. The van der Waals surface area contributed by atoms with E-state index in [1.807, 2.05) is 0 Å². The predicted octanol–water partition coefficient (Wildman–Crippen LogP) is 4.79. The number of benzene rings is 2. The fourth-order valence-corrected chi connectivity index (χ4v) is 4.19. The molecule has 0 atom stereocenters. The van der Waals surface area contributed by atoms with E-state index in [1.165, 1.54) is 25.3 Å². The Bertz CT molecular complexity index is 888. The van der Waals surface area contributed by atoms with Crippen LogP contribution < -0.4 is 9.46 Å². The molecule has 0 aromatic heterocycles. The average Bonchev–Trinajstić information content (AvgIpc) is 2.46. The van der Waals surface area contributed by atoms with E-state index in [-0.39, 0.29) is 10.6 Å². The molecule has 25 heavy (non-hydrogen) atoms. The number of anilines is 1. The largest absolute Gasteiger partial charge is 0.497 e. The minimum atomic E-state index is -4.69. The molecule has 0 amide bonds. The van der Waals surface area contributed by atoms with Crippen molar-refractivity contribution in [2.24, 2.45) is 0 Å². The van der Waals surface area contributed by atoms with Crippen LogP contribution in [0, 0.1) is 13.8 Å². The second-order valence-corrected chi connectivity index (χ2v) is 7.41. The summed E-state index contributed by atoms with van der Waals surface area (Å²) in [6.45, 7) is 3.15. The first-order valence-electron chi connectivity index (χ1n) is 7.00. The molecule has 0 radical (unpaired) electrons. The van der Waals surface area contributed by atoms with Crippen LogP contribution in [0.15, 0.2) is 35.2 Å². The number of hydrogen-bond donors (Lipinski definition) is 1. The molecule has 0 spiro atoms. The van der Waals surface area contributed by atoms with Crippen molar-refractivity contribution in [1.82, 2.24) is 0 Å². The lowest BCUT2D eigenvalue weighted by atomic mass is 10.1. The molecule has 2 aromatic rings. The molecule has 0 unspecified atom stereocenters. The zero-order valence-electron chi connectivity index (χ0n) is 13.5. The second kappa shape index (κ2) is 6.76. The van der Waals surface area contributed by atoms with E-state index in [2.05, 4.69) is 4.72 Å². The Morgan fingerprint density at radius 2 is 1.64 bits per heavy atom. The normalized spacial score (nSPS) is 12.1. The van der Waals surface area contributed by atoms with Gasteiger partial charge >= 0.3 is 6.18 Å². The van der Waals surface area contributed by atoms with Crippen molar-refractivity contribution in [3.05, 3.63) is 52.0 Å². The molecule has 4 nitrogen and oxygen atoms in total. The molecule has 1 N–H and O–H groups in total. The SMILES string of the molecule is COc1cc(C)c(S(=O)(=O)Nc2ccc(Cl)c(C(F)(F)F)c2)c(C)c1. The van der Waals surface area contributed by atoms with Crippen molar-refractivity contribution in [3.63, 3.8) is 0 Å². The van der Waals surface area contributed by atoms with Crippen molar-refractivity contribution in [2.45, 2.75) is 24.9 Å². The number of nitrogens with one attached hydrogen (secondary N) is 1. The molecule has 0 fully saturated rings. The van der Waals surface area contributed by atoms with Gasteiger partial charge in [-0.25, -0.2) is 8.42 Å². The standard InChI is InChI=1S/C16H15ClF3NO3S/c1-9-6-12(24-3)7-10(2)15(9)25(22,23)21-11-4-5-14(17)13(8-11)16(18,19)20/h4-8,21H,1-3H3. The molecular weight excluding hydrogens is 379 g/mol. The fraction of sp³-hybridized carbons (Fsp3) is 0.250. The molecule has 2 rings (SSSR count). The Labute approximate surface area is 148 Å². The number of halogens is 4. The van der Waals surface area contributed by atoms with Crippen LogP contribution in [-0.4, -0.2) is 15.5 Å². The summed E-state index contributed by atoms with van der Waals surface area (Å²) >= 11 is 5.54. The van der Waals surface area contributed by atoms with Gasteiger partial charge in [-0.1, -0.05) is 11.6 Å². The van der Waals surface area contributed by atoms with E-state index in [9.17, 15) is 21.6 Å².